The second kappa shape index (κ2) is 4.34. The summed E-state index contributed by atoms with van der Waals surface area (Å²) >= 11 is 0. The van der Waals surface area contributed by atoms with E-state index in [0.29, 0.717) is 5.69 Å². The van der Waals surface area contributed by atoms with E-state index in [2.05, 4.69) is 5.10 Å². The van der Waals surface area contributed by atoms with Crippen molar-refractivity contribution in [1.82, 2.24) is 9.78 Å². The summed E-state index contributed by atoms with van der Waals surface area (Å²) in [6.45, 7) is 1.65. The number of benzene rings is 1. The maximum atomic E-state index is 10.6. The molecule has 0 atom stereocenters. The Labute approximate surface area is 97.3 Å². The number of aromatic nitrogens is 2. The molecule has 1 aromatic heterocycles. The molecule has 0 aliphatic rings. The molecular weight excluding hydrogens is 222 g/mol. The van der Waals surface area contributed by atoms with Gasteiger partial charge in [0.2, 0.25) is 0 Å². The first-order chi connectivity index (χ1) is 8.11. The minimum Gasteiger partial charge on any atom is -0.390 e. The van der Waals surface area contributed by atoms with Crippen molar-refractivity contribution in [2.75, 3.05) is 0 Å². The minimum atomic E-state index is -0.432. The zero-order valence-corrected chi connectivity index (χ0v) is 9.20. The second-order valence-corrected chi connectivity index (χ2v) is 3.64. The van der Waals surface area contributed by atoms with Crippen molar-refractivity contribution in [3.63, 3.8) is 0 Å². The maximum Gasteiger partial charge on any atom is 0.269 e. The Morgan fingerprint density at radius 2 is 2.24 bits per heavy atom. The molecule has 0 radical (unpaired) electrons. The van der Waals surface area contributed by atoms with Gasteiger partial charge >= 0.3 is 0 Å². The Hall–Kier alpha value is -2.21. The maximum absolute atomic E-state index is 10.6. The smallest absolute Gasteiger partial charge is 0.269 e. The van der Waals surface area contributed by atoms with Crippen LogP contribution in [0.2, 0.25) is 0 Å². The summed E-state index contributed by atoms with van der Waals surface area (Å²) in [5.41, 5.74) is 2.13. The molecule has 1 aromatic carbocycles. The molecule has 0 unspecified atom stereocenters. The summed E-state index contributed by atoms with van der Waals surface area (Å²) in [6.07, 6.45) is 1.71. The molecule has 0 spiro atoms. The first-order valence-corrected chi connectivity index (χ1v) is 5.02. The number of aryl methyl sites for hydroxylation is 1. The predicted octanol–water partition coefficient (Wildman–Crippen LogP) is 1.58. The Morgan fingerprint density at radius 3 is 2.76 bits per heavy atom. The molecule has 0 aliphatic carbocycles. The van der Waals surface area contributed by atoms with Crippen molar-refractivity contribution in [3.8, 4) is 5.69 Å². The highest BCUT2D eigenvalue weighted by Gasteiger charge is 2.09. The van der Waals surface area contributed by atoms with Crippen LogP contribution in [0.5, 0.6) is 0 Å². The first-order valence-electron chi connectivity index (χ1n) is 5.02. The SMILES string of the molecule is Cc1cc([N+](=O)[O-])ccc1-n1ccc(CO)n1. The van der Waals surface area contributed by atoms with Gasteiger partial charge in [-0.25, -0.2) is 4.68 Å². The number of hydrogen-bond donors (Lipinski definition) is 1. The van der Waals surface area contributed by atoms with Crippen molar-refractivity contribution in [2.24, 2.45) is 0 Å². The first kappa shape index (κ1) is 11.3. The average Bonchev–Trinajstić information content (AvgIpc) is 2.77. The molecule has 0 amide bonds. The van der Waals surface area contributed by atoms with Gasteiger partial charge in [-0.15, -0.1) is 0 Å². The lowest BCUT2D eigenvalue weighted by Crippen LogP contribution is -2.00. The summed E-state index contributed by atoms with van der Waals surface area (Å²) in [6, 6.07) is 6.26. The van der Waals surface area contributed by atoms with Gasteiger partial charge in [-0.05, 0) is 24.6 Å². The highest BCUT2D eigenvalue weighted by Crippen LogP contribution is 2.20. The quantitative estimate of drug-likeness (QED) is 0.644. The van der Waals surface area contributed by atoms with E-state index in [-0.39, 0.29) is 12.3 Å². The van der Waals surface area contributed by atoms with Crippen LogP contribution in [0.25, 0.3) is 5.69 Å². The molecule has 0 fully saturated rings. The van der Waals surface area contributed by atoms with Gasteiger partial charge in [0.15, 0.2) is 0 Å². The van der Waals surface area contributed by atoms with E-state index in [4.69, 9.17) is 5.11 Å². The van der Waals surface area contributed by atoms with Crippen molar-refractivity contribution < 1.29 is 10.0 Å². The van der Waals surface area contributed by atoms with Crippen LogP contribution >= 0.6 is 0 Å². The van der Waals surface area contributed by atoms with Gasteiger partial charge in [-0.1, -0.05) is 0 Å². The molecular formula is C11H11N3O3. The van der Waals surface area contributed by atoms with Crippen LogP contribution in [-0.4, -0.2) is 19.8 Å². The monoisotopic (exact) mass is 233 g/mol. The van der Waals surface area contributed by atoms with Gasteiger partial charge in [0.1, 0.15) is 0 Å². The van der Waals surface area contributed by atoms with Gasteiger partial charge < -0.3 is 5.11 Å². The average molecular weight is 233 g/mol. The molecule has 6 nitrogen and oxygen atoms in total. The van der Waals surface area contributed by atoms with Crippen LogP contribution in [-0.2, 0) is 6.61 Å². The third-order valence-electron chi connectivity index (χ3n) is 2.44. The highest BCUT2D eigenvalue weighted by molar-refractivity contribution is 5.47. The number of aliphatic hydroxyl groups excluding tert-OH is 1. The van der Waals surface area contributed by atoms with Crippen LogP contribution in [0.1, 0.15) is 11.3 Å². The Morgan fingerprint density at radius 1 is 1.47 bits per heavy atom. The standard InChI is InChI=1S/C11H11N3O3/c1-8-6-10(14(16)17)2-3-11(8)13-5-4-9(7-15)12-13/h2-6,15H,7H2,1H3. The van der Waals surface area contributed by atoms with E-state index in [0.717, 1.165) is 11.3 Å². The molecule has 0 saturated heterocycles. The van der Waals surface area contributed by atoms with Crippen LogP contribution in [0, 0.1) is 17.0 Å². The van der Waals surface area contributed by atoms with Crippen LogP contribution in [0.15, 0.2) is 30.5 Å². The van der Waals surface area contributed by atoms with Gasteiger partial charge in [0, 0.05) is 18.3 Å². The summed E-state index contributed by atoms with van der Waals surface area (Å²) < 4.78 is 1.59. The van der Waals surface area contributed by atoms with Crippen molar-refractivity contribution >= 4 is 5.69 Å². The summed E-state index contributed by atoms with van der Waals surface area (Å²) in [5, 5.41) is 23.7. The highest BCUT2D eigenvalue weighted by atomic mass is 16.6. The molecule has 1 N–H and O–H groups in total. The lowest BCUT2D eigenvalue weighted by atomic mass is 10.2. The topological polar surface area (TPSA) is 81.2 Å². The van der Waals surface area contributed by atoms with Crippen LogP contribution in [0.3, 0.4) is 0 Å². The molecule has 6 heteroatoms. The van der Waals surface area contributed by atoms with Crippen molar-refractivity contribution in [2.45, 2.75) is 13.5 Å². The summed E-state index contributed by atoms with van der Waals surface area (Å²) in [5.74, 6) is 0. The number of aliphatic hydroxyl groups is 1. The lowest BCUT2D eigenvalue weighted by Gasteiger charge is -2.05. The van der Waals surface area contributed by atoms with E-state index in [1.165, 1.54) is 12.1 Å². The molecule has 88 valence electrons. The summed E-state index contributed by atoms with van der Waals surface area (Å²) in [7, 11) is 0. The number of non-ortho nitro benzene ring substituents is 1. The fourth-order valence-corrected chi connectivity index (χ4v) is 1.59. The van der Waals surface area contributed by atoms with E-state index in [9.17, 15) is 10.1 Å². The lowest BCUT2D eigenvalue weighted by molar-refractivity contribution is -0.384. The van der Waals surface area contributed by atoms with Gasteiger partial charge in [-0.3, -0.25) is 10.1 Å². The number of nitro groups is 1. The van der Waals surface area contributed by atoms with Crippen molar-refractivity contribution in [1.29, 1.82) is 0 Å². The Balaban J connectivity index is 2.42. The molecule has 1 heterocycles. The molecule has 2 rings (SSSR count). The van der Waals surface area contributed by atoms with E-state index < -0.39 is 4.92 Å². The fourth-order valence-electron chi connectivity index (χ4n) is 1.59. The zero-order valence-electron chi connectivity index (χ0n) is 9.20. The number of rotatable bonds is 3. The van der Waals surface area contributed by atoms with Gasteiger partial charge in [-0.2, -0.15) is 5.10 Å². The third-order valence-corrected chi connectivity index (χ3v) is 2.44. The fraction of sp³-hybridized carbons (Fsp3) is 0.182. The molecule has 0 bridgehead atoms. The normalized spacial score (nSPS) is 10.5. The summed E-state index contributed by atoms with van der Waals surface area (Å²) in [4.78, 5) is 10.2. The van der Waals surface area contributed by atoms with E-state index in [1.807, 2.05) is 0 Å². The van der Waals surface area contributed by atoms with Crippen LogP contribution in [0.4, 0.5) is 5.69 Å². The van der Waals surface area contributed by atoms with E-state index >= 15 is 0 Å². The Bertz CT molecular complexity index is 563. The molecule has 0 aliphatic heterocycles. The molecule has 17 heavy (non-hydrogen) atoms. The van der Waals surface area contributed by atoms with Gasteiger partial charge in [0.25, 0.3) is 5.69 Å². The third kappa shape index (κ3) is 2.16. The van der Waals surface area contributed by atoms with Crippen molar-refractivity contribution in [3.05, 3.63) is 51.8 Å². The van der Waals surface area contributed by atoms with Gasteiger partial charge in [0.05, 0.1) is 22.9 Å². The Kier molecular flexibility index (Phi) is 2.88. The largest absolute Gasteiger partial charge is 0.390 e. The number of nitro benzene ring substituents is 1. The second-order valence-electron chi connectivity index (χ2n) is 3.64. The number of nitrogens with zero attached hydrogens (tertiary/aromatic N) is 3. The van der Waals surface area contributed by atoms with E-state index in [1.54, 1.807) is 29.9 Å². The van der Waals surface area contributed by atoms with Crippen LogP contribution < -0.4 is 0 Å². The number of hydrogen-bond acceptors (Lipinski definition) is 4. The zero-order chi connectivity index (χ0) is 12.4. The predicted molar refractivity (Wildman–Crippen MR) is 60.9 cm³/mol. The molecule has 2 aromatic rings. The minimum absolute atomic E-state index is 0.0563. The molecule has 0 saturated carbocycles.